The molecule has 0 aliphatic carbocycles. The molecule has 6 rings (SSSR count). The summed E-state index contributed by atoms with van der Waals surface area (Å²) in [4.78, 5) is 26.7. The number of nitrogens with zero attached hydrogens (tertiary/aromatic N) is 3. The lowest BCUT2D eigenvalue weighted by molar-refractivity contribution is 0.00704. The van der Waals surface area contributed by atoms with Crippen LogP contribution in [0, 0.1) is 6.92 Å². The van der Waals surface area contributed by atoms with E-state index in [9.17, 15) is 4.79 Å². The number of nitrogens with one attached hydrogen (secondary N) is 1. The third kappa shape index (κ3) is 5.77. The molecule has 0 bridgehead atoms. The number of hydrogen-bond acceptors (Lipinski definition) is 4. The van der Waals surface area contributed by atoms with Gasteiger partial charge in [-0.2, -0.15) is 0 Å². The van der Waals surface area contributed by atoms with Gasteiger partial charge in [0.15, 0.2) is 0 Å². The third-order valence-corrected chi connectivity index (χ3v) is 8.19. The smallest absolute Gasteiger partial charge is 0.339 e. The highest BCUT2D eigenvalue weighted by Gasteiger charge is 2.22. The highest BCUT2D eigenvalue weighted by Crippen LogP contribution is 2.35. The summed E-state index contributed by atoms with van der Waals surface area (Å²) >= 11 is 0. The summed E-state index contributed by atoms with van der Waals surface area (Å²) < 4.78 is 7.88. The number of aromatic amines is 1. The standard InChI is InChI=1S/C38H40N4O2/c1-7-8-17-34-39-32-23-30(36-40-31-15-11-12-16-33(31)42(36)6)29(24(2)35(32)41-34)22-25-18-20-26(21-19-25)27-13-9-10-14-28(27)37(43)44-38(3,4)5/h9-16,18-21,23H,7-8,17,22H2,1-6H3,(H,39,41). The Labute approximate surface area is 259 Å². The summed E-state index contributed by atoms with van der Waals surface area (Å²) in [6.07, 6.45) is 3.90. The molecule has 224 valence electrons. The summed E-state index contributed by atoms with van der Waals surface area (Å²) in [7, 11) is 2.09. The average Bonchev–Trinajstić information content (AvgIpc) is 3.57. The highest BCUT2D eigenvalue weighted by atomic mass is 16.6. The largest absolute Gasteiger partial charge is 0.456 e. The number of carbonyl (C=O) groups is 1. The van der Waals surface area contributed by atoms with E-state index < -0.39 is 5.60 Å². The van der Waals surface area contributed by atoms with E-state index >= 15 is 0 Å². The number of benzene rings is 4. The van der Waals surface area contributed by atoms with E-state index in [-0.39, 0.29) is 5.97 Å². The van der Waals surface area contributed by atoms with E-state index in [0.717, 1.165) is 76.1 Å². The molecule has 0 atom stereocenters. The molecule has 0 saturated carbocycles. The Kier molecular flexibility index (Phi) is 7.85. The second-order valence-electron chi connectivity index (χ2n) is 12.6. The van der Waals surface area contributed by atoms with Crippen LogP contribution < -0.4 is 0 Å². The van der Waals surface area contributed by atoms with Gasteiger partial charge in [-0.15, -0.1) is 0 Å². The maximum atomic E-state index is 13.0. The number of para-hydroxylation sites is 2. The number of rotatable bonds is 8. The number of carbonyl (C=O) groups excluding carboxylic acids is 1. The Bertz CT molecular complexity index is 1970. The van der Waals surface area contributed by atoms with Gasteiger partial charge in [0.25, 0.3) is 0 Å². The number of esters is 1. The number of imidazole rings is 2. The fourth-order valence-electron chi connectivity index (χ4n) is 5.93. The van der Waals surface area contributed by atoms with Crippen LogP contribution in [0.2, 0.25) is 0 Å². The van der Waals surface area contributed by atoms with Gasteiger partial charge in [-0.25, -0.2) is 14.8 Å². The first-order valence-corrected chi connectivity index (χ1v) is 15.5. The summed E-state index contributed by atoms with van der Waals surface area (Å²) in [5.41, 5.74) is 10.7. The van der Waals surface area contributed by atoms with Gasteiger partial charge >= 0.3 is 5.97 Å². The predicted molar refractivity (Wildman–Crippen MR) is 179 cm³/mol. The molecular formula is C38H40N4O2. The monoisotopic (exact) mass is 584 g/mol. The summed E-state index contributed by atoms with van der Waals surface area (Å²) in [6.45, 7) is 10.0. The Morgan fingerprint density at radius 1 is 0.932 bits per heavy atom. The molecule has 1 N–H and O–H groups in total. The summed E-state index contributed by atoms with van der Waals surface area (Å²) in [5, 5.41) is 0. The van der Waals surface area contributed by atoms with Crippen LogP contribution >= 0.6 is 0 Å². The fourth-order valence-corrected chi connectivity index (χ4v) is 5.93. The average molecular weight is 585 g/mol. The number of unbranched alkanes of at least 4 members (excludes halogenated alkanes) is 1. The number of hydrogen-bond donors (Lipinski definition) is 1. The van der Waals surface area contributed by atoms with E-state index in [4.69, 9.17) is 14.7 Å². The van der Waals surface area contributed by atoms with Crippen LogP contribution in [0.15, 0.2) is 78.9 Å². The van der Waals surface area contributed by atoms with Crippen molar-refractivity contribution in [2.45, 2.75) is 65.9 Å². The zero-order valence-electron chi connectivity index (χ0n) is 26.5. The van der Waals surface area contributed by atoms with Crippen molar-refractivity contribution in [1.29, 1.82) is 0 Å². The van der Waals surface area contributed by atoms with Gasteiger partial charge in [0, 0.05) is 19.0 Å². The topological polar surface area (TPSA) is 72.8 Å². The molecule has 0 aliphatic rings. The molecule has 0 fully saturated rings. The fraction of sp³-hybridized carbons (Fsp3) is 0.289. The van der Waals surface area contributed by atoms with Crippen molar-refractivity contribution in [3.8, 4) is 22.5 Å². The van der Waals surface area contributed by atoms with Crippen molar-refractivity contribution in [1.82, 2.24) is 19.5 Å². The van der Waals surface area contributed by atoms with Gasteiger partial charge in [-0.3, -0.25) is 0 Å². The molecule has 0 amide bonds. The lowest BCUT2D eigenvalue weighted by Gasteiger charge is -2.20. The van der Waals surface area contributed by atoms with Gasteiger partial charge < -0.3 is 14.3 Å². The van der Waals surface area contributed by atoms with Crippen LogP contribution in [0.4, 0.5) is 0 Å². The molecular weight excluding hydrogens is 544 g/mol. The lowest BCUT2D eigenvalue weighted by Crippen LogP contribution is -2.24. The number of ether oxygens (including phenoxy) is 1. The quantitative estimate of drug-likeness (QED) is 0.181. The van der Waals surface area contributed by atoms with Crippen LogP contribution in [0.25, 0.3) is 44.6 Å². The molecule has 4 aromatic carbocycles. The zero-order chi connectivity index (χ0) is 31.0. The maximum absolute atomic E-state index is 13.0. The highest BCUT2D eigenvalue weighted by molar-refractivity contribution is 5.97. The SMILES string of the molecule is CCCCc1nc2c(C)c(Cc3ccc(-c4ccccc4C(=O)OC(C)(C)C)cc3)c(-c3nc4ccccc4n3C)cc2[nH]1. The first kappa shape index (κ1) is 29.4. The van der Waals surface area contributed by atoms with E-state index in [0.29, 0.717) is 5.56 Å². The molecule has 6 nitrogen and oxygen atoms in total. The Morgan fingerprint density at radius 2 is 1.66 bits per heavy atom. The number of aryl methyl sites for hydroxylation is 3. The van der Waals surface area contributed by atoms with E-state index in [1.54, 1.807) is 0 Å². The summed E-state index contributed by atoms with van der Waals surface area (Å²) in [6, 6.07) is 26.6. The Hall–Kier alpha value is -4.71. The minimum atomic E-state index is -0.561. The van der Waals surface area contributed by atoms with Crippen molar-refractivity contribution < 1.29 is 9.53 Å². The van der Waals surface area contributed by atoms with Crippen molar-refractivity contribution in [2.24, 2.45) is 7.05 Å². The van der Waals surface area contributed by atoms with Crippen LogP contribution in [0.1, 0.15) is 73.4 Å². The van der Waals surface area contributed by atoms with Crippen molar-refractivity contribution >= 4 is 28.0 Å². The van der Waals surface area contributed by atoms with Crippen LogP contribution in [-0.2, 0) is 24.6 Å². The lowest BCUT2D eigenvalue weighted by atomic mass is 9.92. The van der Waals surface area contributed by atoms with Crippen molar-refractivity contribution in [3.63, 3.8) is 0 Å². The molecule has 2 heterocycles. The van der Waals surface area contributed by atoms with Gasteiger partial charge in [0.1, 0.15) is 17.2 Å². The molecule has 0 aliphatic heterocycles. The van der Waals surface area contributed by atoms with E-state index in [1.165, 1.54) is 16.7 Å². The molecule has 2 aromatic heterocycles. The predicted octanol–water partition coefficient (Wildman–Crippen LogP) is 8.98. The molecule has 0 radical (unpaired) electrons. The Morgan fingerprint density at radius 3 is 2.39 bits per heavy atom. The van der Waals surface area contributed by atoms with Gasteiger partial charge in [0.2, 0.25) is 0 Å². The number of fused-ring (bicyclic) bond motifs is 2. The molecule has 0 unspecified atom stereocenters. The van der Waals surface area contributed by atoms with Gasteiger partial charge in [0.05, 0.1) is 27.6 Å². The van der Waals surface area contributed by atoms with Crippen molar-refractivity contribution in [2.75, 3.05) is 0 Å². The second-order valence-corrected chi connectivity index (χ2v) is 12.6. The summed E-state index contributed by atoms with van der Waals surface area (Å²) in [5.74, 6) is 1.66. The molecule has 6 aromatic rings. The van der Waals surface area contributed by atoms with E-state index in [2.05, 4.69) is 79.0 Å². The van der Waals surface area contributed by atoms with E-state index in [1.807, 2.05) is 51.1 Å². The minimum Gasteiger partial charge on any atom is -0.456 e. The van der Waals surface area contributed by atoms with Gasteiger partial charge in [-0.05, 0) is 92.6 Å². The molecule has 0 saturated heterocycles. The number of H-pyrrole nitrogens is 1. The first-order chi connectivity index (χ1) is 21.1. The first-order valence-electron chi connectivity index (χ1n) is 15.5. The van der Waals surface area contributed by atoms with Crippen LogP contribution in [0.3, 0.4) is 0 Å². The Balaban J connectivity index is 1.41. The molecule has 0 spiro atoms. The van der Waals surface area contributed by atoms with Crippen molar-refractivity contribution in [3.05, 3.63) is 107 Å². The zero-order valence-corrected chi connectivity index (χ0v) is 26.5. The maximum Gasteiger partial charge on any atom is 0.339 e. The van der Waals surface area contributed by atoms with Crippen LogP contribution in [-0.4, -0.2) is 31.1 Å². The second kappa shape index (κ2) is 11.8. The molecule has 6 heteroatoms. The third-order valence-electron chi connectivity index (χ3n) is 8.19. The number of aromatic nitrogens is 4. The minimum absolute atomic E-state index is 0.314. The molecule has 44 heavy (non-hydrogen) atoms. The van der Waals surface area contributed by atoms with Gasteiger partial charge in [-0.1, -0.05) is 67.9 Å². The van der Waals surface area contributed by atoms with Crippen LogP contribution in [0.5, 0.6) is 0 Å². The normalized spacial score (nSPS) is 11.9.